The number of aliphatic hydroxyl groups excluding tert-OH is 5. The second-order valence-electron chi connectivity index (χ2n) is 16.3. The monoisotopic (exact) mass is 1000 g/mol. The molecule has 0 aromatic rings. The fourth-order valence-electron chi connectivity index (χ4n) is 6.50. The third-order valence-electron chi connectivity index (χ3n) is 10.2. The normalized spacial score (nSPS) is 22.6. The van der Waals surface area contributed by atoms with Crippen LogP contribution in [0.4, 0.5) is 0 Å². The Bertz CT molecular complexity index is 1700. The van der Waals surface area contributed by atoms with E-state index in [4.69, 9.17) is 18.5 Å². The van der Waals surface area contributed by atoms with E-state index >= 15 is 0 Å². The molecule has 0 aliphatic heterocycles. The molecule has 1 saturated carbocycles. The van der Waals surface area contributed by atoms with E-state index in [-0.39, 0.29) is 12.8 Å². The lowest BCUT2D eigenvalue weighted by Crippen LogP contribution is -2.64. The number of allylic oxidation sites excluding steroid dienone is 14. The number of phosphoric acid groups is 2. The van der Waals surface area contributed by atoms with E-state index in [2.05, 4.69) is 47.9 Å². The minimum Gasteiger partial charge on any atom is -0.462 e. The maximum Gasteiger partial charge on any atom is 0.472 e. The van der Waals surface area contributed by atoms with Crippen LogP contribution in [-0.2, 0) is 41.8 Å². The lowest BCUT2D eigenvalue weighted by atomic mass is 9.85. The Morgan fingerprint density at radius 2 is 1.07 bits per heavy atom. The minimum absolute atomic E-state index is 0.00812. The van der Waals surface area contributed by atoms with Crippen molar-refractivity contribution in [2.75, 3.05) is 13.2 Å². The summed E-state index contributed by atoms with van der Waals surface area (Å²) < 4.78 is 49.3. The van der Waals surface area contributed by atoms with E-state index in [1.807, 2.05) is 61.6 Å². The van der Waals surface area contributed by atoms with Gasteiger partial charge < -0.3 is 49.7 Å². The highest BCUT2D eigenvalue weighted by Gasteiger charge is 2.54. The van der Waals surface area contributed by atoms with Crippen LogP contribution in [0.2, 0.25) is 0 Å². The van der Waals surface area contributed by atoms with E-state index in [0.29, 0.717) is 32.1 Å². The molecule has 0 bridgehead atoms. The van der Waals surface area contributed by atoms with Crippen LogP contribution < -0.4 is 0 Å². The van der Waals surface area contributed by atoms with Crippen molar-refractivity contribution < 1.29 is 82.0 Å². The highest BCUT2D eigenvalue weighted by Crippen LogP contribution is 2.49. The van der Waals surface area contributed by atoms with E-state index in [9.17, 15) is 58.9 Å². The number of esters is 2. The third-order valence-corrected chi connectivity index (χ3v) is 11.7. The predicted octanol–water partition coefficient (Wildman–Crippen LogP) is 8.14. The van der Waals surface area contributed by atoms with Gasteiger partial charge in [-0.1, -0.05) is 137 Å². The summed E-state index contributed by atoms with van der Waals surface area (Å²) in [6.07, 6.45) is 31.3. The molecule has 17 nitrogen and oxygen atoms in total. The Morgan fingerprint density at radius 3 is 1.66 bits per heavy atom. The fourth-order valence-corrected chi connectivity index (χ4v) is 8.04. The first-order valence-corrected chi connectivity index (χ1v) is 26.9. The molecular formula is C49H80O17P2. The SMILES string of the molecule is CC/C=C\C(O)C/C=C/C=C\C/C=C\C/C=C\CCCC(=O)OC[C@H](COP(=O)(O)O[C@H]1C(O)C(O)C(O)[C@@H](OP(=O)(O)O)C1O)OC(=O)CCCCCC/C=C\C/C=C\C/C=C\CCCCC. The zero-order valence-corrected chi connectivity index (χ0v) is 41.6. The summed E-state index contributed by atoms with van der Waals surface area (Å²) in [4.78, 5) is 54.3. The van der Waals surface area contributed by atoms with Gasteiger partial charge in [0, 0.05) is 12.8 Å². The molecule has 1 fully saturated rings. The van der Waals surface area contributed by atoms with Crippen molar-refractivity contribution in [1.82, 2.24) is 0 Å². The fraction of sp³-hybridized carbons (Fsp3) is 0.633. The topological polar surface area (TPSA) is 276 Å². The Hall–Kier alpha value is -3.12. The molecule has 0 saturated heterocycles. The van der Waals surface area contributed by atoms with Crippen LogP contribution in [0.5, 0.6) is 0 Å². The van der Waals surface area contributed by atoms with Gasteiger partial charge in [-0.2, -0.15) is 0 Å². The van der Waals surface area contributed by atoms with E-state index in [1.54, 1.807) is 6.08 Å². The molecule has 388 valence electrons. The van der Waals surface area contributed by atoms with Crippen molar-refractivity contribution in [2.45, 2.75) is 185 Å². The van der Waals surface area contributed by atoms with Crippen LogP contribution in [0.15, 0.2) is 97.2 Å². The summed E-state index contributed by atoms with van der Waals surface area (Å²) in [7, 11) is -10.7. The molecule has 6 unspecified atom stereocenters. The Kier molecular flexibility index (Phi) is 35.7. The number of hydrogen-bond donors (Lipinski definition) is 8. The average Bonchev–Trinajstić information content (AvgIpc) is 3.29. The molecular weight excluding hydrogens is 922 g/mol. The van der Waals surface area contributed by atoms with Crippen molar-refractivity contribution in [3.63, 3.8) is 0 Å². The summed E-state index contributed by atoms with van der Waals surface area (Å²) in [6, 6.07) is 0. The Morgan fingerprint density at radius 1 is 0.559 bits per heavy atom. The van der Waals surface area contributed by atoms with Gasteiger partial charge in [-0.15, -0.1) is 0 Å². The molecule has 0 aromatic carbocycles. The van der Waals surface area contributed by atoms with E-state index < -0.39 is 89.6 Å². The molecule has 0 amide bonds. The van der Waals surface area contributed by atoms with E-state index in [0.717, 1.165) is 57.8 Å². The number of ether oxygens (including phenoxy) is 2. The van der Waals surface area contributed by atoms with Gasteiger partial charge in [-0.05, 0) is 83.5 Å². The van der Waals surface area contributed by atoms with E-state index in [1.165, 1.54) is 19.3 Å². The zero-order chi connectivity index (χ0) is 50.5. The highest BCUT2D eigenvalue weighted by atomic mass is 31.2. The van der Waals surface area contributed by atoms with Crippen molar-refractivity contribution in [2.24, 2.45) is 0 Å². The highest BCUT2D eigenvalue weighted by molar-refractivity contribution is 7.47. The van der Waals surface area contributed by atoms with Crippen molar-refractivity contribution in [1.29, 1.82) is 0 Å². The first-order chi connectivity index (χ1) is 32.5. The molecule has 0 spiro atoms. The van der Waals surface area contributed by atoms with Crippen molar-refractivity contribution in [3.05, 3.63) is 97.2 Å². The molecule has 68 heavy (non-hydrogen) atoms. The number of carbonyl (C=O) groups excluding carboxylic acids is 2. The smallest absolute Gasteiger partial charge is 0.462 e. The van der Waals surface area contributed by atoms with Crippen LogP contribution in [0, 0.1) is 0 Å². The van der Waals surface area contributed by atoms with Gasteiger partial charge in [0.05, 0.1) is 12.7 Å². The molecule has 19 heteroatoms. The number of unbranched alkanes of at least 4 members (excludes halogenated alkanes) is 8. The summed E-state index contributed by atoms with van der Waals surface area (Å²) >= 11 is 0. The number of aliphatic hydroxyl groups is 5. The van der Waals surface area contributed by atoms with Crippen LogP contribution in [-0.4, -0.2) is 114 Å². The molecule has 8 N–H and O–H groups in total. The van der Waals surface area contributed by atoms with Crippen molar-refractivity contribution in [3.8, 4) is 0 Å². The summed E-state index contributed by atoms with van der Waals surface area (Å²) in [5.74, 6) is -1.33. The number of hydrogen-bond acceptors (Lipinski definition) is 14. The van der Waals surface area contributed by atoms with Gasteiger partial charge in [-0.3, -0.25) is 23.2 Å². The maximum absolute atomic E-state index is 13.0. The first kappa shape index (κ1) is 62.9. The first-order valence-electron chi connectivity index (χ1n) is 23.9. The standard InChI is InChI=1S/C49H80O17P2/c1-3-5-7-8-9-10-11-12-13-14-15-16-21-24-27-30-33-37-43(52)64-41(39-63-68(60,61)66-49-46(55)44(53)45(54)48(47(49)56)65-67(57,58)59)38-62-42(51)36-32-29-26-23-20-18-17-19-22-25-28-31-35-40(50)34-6-4-2/h6,9-10,12-13,15-18,22-23,25-26,28,31,34,40-41,44-50,53-56H,3-5,7-8,11,14,19-21,24,27,29-30,32-33,35-39H2,1-2H3,(H,60,61)(H2,57,58,59)/b10-9-,13-12-,16-15-,18-17-,25-22-,26-23-,31-28+,34-6-/t40?,41-,44?,45?,46?,47?,48-,49+/m1/s1. The quantitative estimate of drug-likeness (QED) is 0.00953. The molecule has 0 aromatic heterocycles. The van der Waals surface area contributed by atoms with Gasteiger partial charge in [-0.25, -0.2) is 9.13 Å². The Balaban J connectivity index is 2.67. The number of phosphoric ester groups is 2. The van der Waals surface area contributed by atoms with Gasteiger partial charge in [0.15, 0.2) is 6.10 Å². The second-order valence-corrected chi connectivity index (χ2v) is 18.9. The Labute approximate surface area is 403 Å². The zero-order valence-electron chi connectivity index (χ0n) is 39.9. The average molecular weight is 1000 g/mol. The molecule has 1 aliphatic rings. The van der Waals surface area contributed by atoms with Gasteiger partial charge in [0.1, 0.15) is 43.2 Å². The largest absolute Gasteiger partial charge is 0.472 e. The number of rotatable bonds is 38. The lowest BCUT2D eigenvalue weighted by Gasteiger charge is -2.43. The third kappa shape index (κ3) is 32.6. The van der Waals surface area contributed by atoms with Crippen LogP contribution >= 0.6 is 15.6 Å². The predicted molar refractivity (Wildman–Crippen MR) is 261 cm³/mol. The van der Waals surface area contributed by atoms with Crippen LogP contribution in [0.1, 0.15) is 136 Å². The molecule has 1 rings (SSSR count). The van der Waals surface area contributed by atoms with Crippen LogP contribution in [0.25, 0.3) is 0 Å². The summed E-state index contributed by atoms with van der Waals surface area (Å²) in [5.41, 5.74) is 0. The summed E-state index contributed by atoms with van der Waals surface area (Å²) in [5, 5.41) is 51.0. The molecule has 0 radical (unpaired) electrons. The van der Waals surface area contributed by atoms with Crippen LogP contribution in [0.3, 0.4) is 0 Å². The molecule has 9 atom stereocenters. The van der Waals surface area contributed by atoms with Gasteiger partial charge >= 0.3 is 27.6 Å². The van der Waals surface area contributed by atoms with Gasteiger partial charge in [0.25, 0.3) is 0 Å². The van der Waals surface area contributed by atoms with Gasteiger partial charge in [0.2, 0.25) is 0 Å². The maximum atomic E-state index is 13.0. The molecule has 0 heterocycles. The minimum atomic E-state index is -5.38. The number of carbonyl (C=O) groups is 2. The summed E-state index contributed by atoms with van der Waals surface area (Å²) in [6.45, 7) is 2.76. The second kappa shape index (κ2) is 38.6. The molecule has 1 aliphatic carbocycles. The van der Waals surface area contributed by atoms with Crippen molar-refractivity contribution >= 4 is 27.6 Å². The lowest BCUT2D eigenvalue weighted by molar-refractivity contribution is -0.216.